The summed E-state index contributed by atoms with van der Waals surface area (Å²) in [6.07, 6.45) is 3.24. The molecule has 88 valence electrons. The Morgan fingerprint density at radius 2 is 2.38 bits per heavy atom. The molecule has 0 unspecified atom stereocenters. The minimum absolute atomic E-state index is 0.00351. The molecule has 0 radical (unpaired) electrons. The van der Waals surface area contributed by atoms with Crippen LogP contribution in [-0.2, 0) is 4.79 Å². The molecule has 1 aromatic heterocycles. The minimum Gasteiger partial charge on any atom is -0.389 e. The molecule has 0 aliphatic carbocycles. The van der Waals surface area contributed by atoms with Crippen molar-refractivity contribution in [2.45, 2.75) is 18.6 Å². The van der Waals surface area contributed by atoms with Crippen molar-refractivity contribution >= 4 is 5.91 Å². The predicted octanol–water partition coefficient (Wildman–Crippen LogP) is -1.02. The molecule has 0 saturated carbocycles. The molecule has 1 saturated heterocycles. The third-order valence-corrected chi connectivity index (χ3v) is 2.83. The van der Waals surface area contributed by atoms with Crippen LogP contribution in [0.1, 0.15) is 12.5 Å². The summed E-state index contributed by atoms with van der Waals surface area (Å²) in [4.78, 5) is 13.3. The average molecular weight is 224 g/mol. The van der Waals surface area contributed by atoms with Gasteiger partial charge in [0.25, 0.3) is 0 Å². The van der Waals surface area contributed by atoms with Gasteiger partial charge in [-0.2, -0.15) is 5.10 Å². The molecular weight excluding hydrogens is 208 g/mol. The Kier molecular flexibility index (Phi) is 3.21. The fourth-order valence-electron chi connectivity index (χ4n) is 1.99. The van der Waals surface area contributed by atoms with Crippen molar-refractivity contribution in [2.24, 2.45) is 5.73 Å². The highest BCUT2D eigenvalue weighted by Crippen LogP contribution is 2.21. The lowest BCUT2D eigenvalue weighted by molar-refractivity contribution is -0.130. The number of carbonyl (C=O) groups excluding carboxylic acids is 1. The number of nitrogens with zero attached hydrogens (tertiary/aromatic N) is 3. The number of likely N-dealkylation sites (tertiary alicyclic amines) is 1. The third kappa shape index (κ3) is 2.07. The van der Waals surface area contributed by atoms with Crippen molar-refractivity contribution in [3.63, 3.8) is 0 Å². The van der Waals surface area contributed by atoms with Crippen molar-refractivity contribution in [1.29, 1.82) is 0 Å². The molecule has 3 N–H and O–H groups in total. The summed E-state index contributed by atoms with van der Waals surface area (Å²) in [7, 11) is 0. The van der Waals surface area contributed by atoms with Gasteiger partial charge in [-0.15, -0.1) is 0 Å². The van der Waals surface area contributed by atoms with E-state index in [1.165, 1.54) is 0 Å². The average Bonchev–Trinajstić information content (AvgIpc) is 2.86. The van der Waals surface area contributed by atoms with Crippen LogP contribution in [0, 0.1) is 0 Å². The molecule has 2 heterocycles. The zero-order valence-electron chi connectivity index (χ0n) is 8.99. The smallest absolute Gasteiger partial charge is 0.224 e. The Balaban J connectivity index is 2.02. The van der Waals surface area contributed by atoms with Gasteiger partial charge in [0.1, 0.15) is 0 Å². The summed E-state index contributed by atoms with van der Waals surface area (Å²) in [5.41, 5.74) is 5.33. The molecule has 0 spiro atoms. The summed E-state index contributed by atoms with van der Waals surface area (Å²) in [6, 6.07) is 1.66. The number of β-amino-alcohol motifs (C(OH)–C–C–N with tert-alkyl or cyclic N) is 1. The van der Waals surface area contributed by atoms with Gasteiger partial charge in [-0.1, -0.05) is 0 Å². The second kappa shape index (κ2) is 4.63. The van der Waals surface area contributed by atoms with E-state index in [1.54, 1.807) is 28.0 Å². The zero-order valence-corrected chi connectivity index (χ0v) is 8.99. The molecule has 1 aliphatic heterocycles. The van der Waals surface area contributed by atoms with E-state index in [2.05, 4.69) is 5.10 Å². The largest absolute Gasteiger partial charge is 0.389 e. The highest BCUT2D eigenvalue weighted by molar-refractivity contribution is 5.76. The van der Waals surface area contributed by atoms with Crippen LogP contribution in [0.5, 0.6) is 0 Å². The van der Waals surface area contributed by atoms with E-state index >= 15 is 0 Å². The van der Waals surface area contributed by atoms with Gasteiger partial charge in [0, 0.05) is 38.4 Å². The molecule has 0 aromatic carbocycles. The van der Waals surface area contributed by atoms with Crippen LogP contribution < -0.4 is 5.73 Å². The summed E-state index contributed by atoms with van der Waals surface area (Å²) < 4.78 is 1.69. The number of nitrogens with two attached hydrogens (primary N) is 1. The van der Waals surface area contributed by atoms with Crippen molar-refractivity contribution in [2.75, 3.05) is 19.6 Å². The predicted molar refractivity (Wildman–Crippen MR) is 57.5 cm³/mol. The lowest BCUT2D eigenvalue weighted by Gasteiger charge is -2.15. The van der Waals surface area contributed by atoms with Gasteiger partial charge < -0.3 is 15.7 Å². The second-order valence-electron chi connectivity index (χ2n) is 3.96. The number of rotatable bonds is 3. The van der Waals surface area contributed by atoms with Crippen molar-refractivity contribution in [3.05, 3.63) is 18.5 Å². The number of aromatic nitrogens is 2. The van der Waals surface area contributed by atoms with E-state index in [0.717, 1.165) is 0 Å². The number of aliphatic hydroxyl groups is 1. The van der Waals surface area contributed by atoms with E-state index in [9.17, 15) is 9.90 Å². The van der Waals surface area contributed by atoms with Gasteiger partial charge in [-0.05, 0) is 6.07 Å². The summed E-state index contributed by atoms with van der Waals surface area (Å²) in [6.45, 7) is 1.21. The SMILES string of the molecule is NCCC(=O)N1C[C@H](O)[C@@H](n2cccn2)C1. The molecule has 2 rings (SSSR count). The third-order valence-electron chi connectivity index (χ3n) is 2.83. The molecular formula is C10H16N4O2. The van der Waals surface area contributed by atoms with Crippen molar-refractivity contribution < 1.29 is 9.90 Å². The lowest BCUT2D eigenvalue weighted by atomic mass is 10.2. The Morgan fingerprint density at radius 1 is 1.56 bits per heavy atom. The normalized spacial score (nSPS) is 25.0. The maximum atomic E-state index is 11.6. The second-order valence-corrected chi connectivity index (χ2v) is 3.96. The van der Waals surface area contributed by atoms with Crippen LogP contribution in [0.25, 0.3) is 0 Å². The molecule has 6 heteroatoms. The molecule has 16 heavy (non-hydrogen) atoms. The maximum absolute atomic E-state index is 11.6. The van der Waals surface area contributed by atoms with Gasteiger partial charge in [-0.3, -0.25) is 9.48 Å². The molecule has 1 fully saturated rings. The van der Waals surface area contributed by atoms with Gasteiger partial charge in [-0.25, -0.2) is 0 Å². The highest BCUT2D eigenvalue weighted by Gasteiger charge is 2.34. The van der Waals surface area contributed by atoms with Crippen LogP contribution in [0.4, 0.5) is 0 Å². The number of aliphatic hydroxyl groups excluding tert-OH is 1. The highest BCUT2D eigenvalue weighted by atomic mass is 16.3. The molecule has 6 nitrogen and oxygen atoms in total. The van der Waals surface area contributed by atoms with E-state index in [-0.39, 0.29) is 11.9 Å². The molecule has 0 bridgehead atoms. The van der Waals surface area contributed by atoms with Crippen LogP contribution in [0.2, 0.25) is 0 Å². The molecule has 1 aliphatic rings. The number of carbonyl (C=O) groups is 1. The first kappa shape index (κ1) is 11.1. The van der Waals surface area contributed by atoms with Crippen LogP contribution in [-0.4, -0.2) is 51.4 Å². The van der Waals surface area contributed by atoms with E-state index in [1.807, 2.05) is 0 Å². The first-order valence-corrected chi connectivity index (χ1v) is 5.37. The van der Waals surface area contributed by atoms with Crippen molar-refractivity contribution in [3.8, 4) is 0 Å². The van der Waals surface area contributed by atoms with Crippen LogP contribution in [0.3, 0.4) is 0 Å². The van der Waals surface area contributed by atoms with Gasteiger partial charge >= 0.3 is 0 Å². The number of hydrogen-bond donors (Lipinski definition) is 2. The number of amides is 1. The Morgan fingerprint density at radius 3 is 3.00 bits per heavy atom. The van der Waals surface area contributed by atoms with E-state index in [0.29, 0.717) is 26.1 Å². The Labute approximate surface area is 93.6 Å². The quantitative estimate of drug-likeness (QED) is 0.688. The molecule has 1 amide bonds. The first-order valence-electron chi connectivity index (χ1n) is 5.37. The zero-order chi connectivity index (χ0) is 11.5. The van der Waals surface area contributed by atoms with Gasteiger partial charge in [0.05, 0.1) is 12.1 Å². The summed E-state index contributed by atoms with van der Waals surface area (Å²) in [5, 5.41) is 13.9. The van der Waals surface area contributed by atoms with Gasteiger partial charge in [0.15, 0.2) is 0 Å². The fourth-order valence-corrected chi connectivity index (χ4v) is 1.99. The molecule has 1 aromatic rings. The topological polar surface area (TPSA) is 84.4 Å². The summed E-state index contributed by atoms with van der Waals surface area (Å²) >= 11 is 0. The van der Waals surface area contributed by atoms with Crippen LogP contribution >= 0.6 is 0 Å². The Bertz CT molecular complexity index is 352. The number of hydrogen-bond acceptors (Lipinski definition) is 4. The fraction of sp³-hybridized carbons (Fsp3) is 0.600. The van der Waals surface area contributed by atoms with Crippen LogP contribution in [0.15, 0.2) is 18.5 Å². The van der Waals surface area contributed by atoms with E-state index < -0.39 is 6.10 Å². The van der Waals surface area contributed by atoms with E-state index in [4.69, 9.17) is 5.73 Å². The van der Waals surface area contributed by atoms with Gasteiger partial charge in [0.2, 0.25) is 5.91 Å². The molecule has 2 atom stereocenters. The Hall–Kier alpha value is -1.40. The standard InChI is InChI=1S/C10H16N4O2/c11-3-2-10(16)13-6-8(9(15)7-13)14-5-1-4-12-14/h1,4-5,8-9,15H,2-3,6-7,11H2/t8-,9-/m0/s1. The first-order chi connectivity index (χ1) is 7.72. The minimum atomic E-state index is -0.554. The van der Waals surface area contributed by atoms with Crippen molar-refractivity contribution in [1.82, 2.24) is 14.7 Å². The monoisotopic (exact) mass is 224 g/mol. The summed E-state index contributed by atoms with van der Waals surface area (Å²) in [5.74, 6) is -0.00351. The maximum Gasteiger partial charge on any atom is 0.224 e. The lowest BCUT2D eigenvalue weighted by Crippen LogP contribution is -2.31.